The normalized spacial score (nSPS) is 12.9. The molecule has 0 aromatic heterocycles. The molecule has 0 radical (unpaired) electrons. The molecule has 1 aromatic carbocycles. The summed E-state index contributed by atoms with van der Waals surface area (Å²) in [7, 11) is 0. The van der Waals surface area contributed by atoms with E-state index < -0.39 is 0 Å². The number of hydrogen-bond donors (Lipinski definition) is 0. The molecular weight excluding hydrogens is 292 g/mol. The molecule has 0 aliphatic heterocycles. The van der Waals surface area contributed by atoms with Crippen LogP contribution in [-0.2, 0) is 4.74 Å². The first-order chi connectivity index (χ1) is 11.5. The SMILES string of the molecule is CCCOCCC/C=C(\C)c1ccc(/C(C)=C/CCC(C)C)cc1. The number of rotatable bonds is 11. The highest BCUT2D eigenvalue weighted by atomic mass is 16.5. The molecule has 0 bridgehead atoms. The van der Waals surface area contributed by atoms with Crippen molar-refractivity contribution in [1.29, 1.82) is 0 Å². The lowest BCUT2D eigenvalue weighted by Gasteiger charge is -2.07. The smallest absolute Gasteiger partial charge is 0.0468 e. The largest absolute Gasteiger partial charge is 0.381 e. The second kappa shape index (κ2) is 12.1. The van der Waals surface area contributed by atoms with Gasteiger partial charge in [-0.25, -0.2) is 0 Å². The van der Waals surface area contributed by atoms with Gasteiger partial charge in [-0.15, -0.1) is 0 Å². The molecule has 0 heterocycles. The Morgan fingerprint density at radius 3 is 1.96 bits per heavy atom. The Labute approximate surface area is 149 Å². The van der Waals surface area contributed by atoms with Crippen molar-refractivity contribution in [3.63, 3.8) is 0 Å². The van der Waals surface area contributed by atoms with Crippen LogP contribution in [0.25, 0.3) is 11.1 Å². The second-order valence-corrected chi connectivity index (χ2v) is 7.08. The highest BCUT2D eigenvalue weighted by molar-refractivity contribution is 5.68. The van der Waals surface area contributed by atoms with E-state index in [4.69, 9.17) is 4.74 Å². The summed E-state index contributed by atoms with van der Waals surface area (Å²) in [5.41, 5.74) is 5.40. The van der Waals surface area contributed by atoms with Gasteiger partial charge in [-0.1, -0.05) is 57.2 Å². The highest BCUT2D eigenvalue weighted by Gasteiger charge is 1.99. The zero-order chi connectivity index (χ0) is 17.8. The summed E-state index contributed by atoms with van der Waals surface area (Å²) in [5, 5.41) is 0. The van der Waals surface area contributed by atoms with Gasteiger partial charge in [0.2, 0.25) is 0 Å². The summed E-state index contributed by atoms with van der Waals surface area (Å²) >= 11 is 0. The molecule has 0 atom stereocenters. The zero-order valence-corrected chi connectivity index (χ0v) is 16.4. The third kappa shape index (κ3) is 8.49. The molecule has 0 saturated carbocycles. The quantitative estimate of drug-likeness (QED) is 0.392. The number of hydrogen-bond acceptors (Lipinski definition) is 1. The van der Waals surface area contributed by atoms with Crippen molar-refractivity contribution in [2.45, 2.75) is 66.7 Å². The van der Waals surface area contributed by atoms with Gasteiger partial charge in [0.05, 0.1) is 0 Å². The van der Waals surface area contributed by atoms with Gasteiger partial charge in [-0.3, -0.25) is 0 Å². The lowest BCUT2D eigenvalue weighted by atomic mass is 9.99. The lowest BCUT2D eigenvalue weighted by Crippen LogP contribution is -1.94. The fourth-order valence-electron chi connectivity index (χ4n) is 2.62. The molecule has 1 nitrogen and oxygen atoms in total. The van der Waals surface area contributed by atoms with Crippen molar-refractivity contribution in [2.24, 2.45) is 5.92 Å². The van der Waals surface area contributed by atoms with Crippen molar-refractivity contribution >= 4 is 11.1 Å². The molecule has 0 unspecified atom stereocenters. The van der Waals surface area contributed by atoms with Gasteiger partial charge in [0.25, 0.3) is 0 Å². The second-order valence-electron chi connectivity index (χ2n) is 7.08. The fourth-order valence-corrected chi connectivity index (χ4v) is 2.62. The minimum atomic E-state index is 0.775. The van der Waals surface area contributed by atoms with E-state index in [1.54, 1.807) is 0 Å². The van der Waals surface area contributed by atoms with Crippen LogP contribution >= 0.6 is 0 Å². The van der Waals surface area contributed by atoms with Gasteiger partial charge >= 0.3 is 0 Å². The Kier molecular flexibility index (Phi) is 10.4. The van der Waals surface area contributed by atoms with Crippen LogP contribution in [0.15, 0.2) is 36.4 Å². The maximum atomic E-state index is 5.52. The molecule has 1 heteroatoms. The Morgan fingerprint density at radius 2 is 1.46 bits per heavy atom. The third-order valence-electron chi connectivity index (χ3n) is 4.28. The minimum Gasteiger partial charge on any atom is -0.381 e. The Hall–Kier alpha value is -1.34. The molecule has 0 aliphatic rings. The molecule has 0 amide bonds. The molecule has 0 N–H and O–H groups in total. The molecule has 1 aromatic rings. The van der Waals surface area contributed by atoms with Crippen LogP contribution in [0.3, 0.4) is 0 Å². The molecular formula is C23H36O. The van der Waals surface area contributed by atoms with E-state index in [1.165, 1.54) is 35.1 Å². The number of allylic oxidation sites excluding steroid dienone is 4. The molecule has 24 heavy (non-hydrogen) atoms. The minimum absolute atomic E-state index is 0.775. The van der Waals surface area contributed by atoms with Crippen LogP contribution in [0.4, 0.5) is 0 Å². The topological polar surface area (TPSA) is 9.23 Å². The first-order valence-corrected chi connectivity index (χ1v) is 9.56. The van der Waals surface area contributed by atoms with Gasteiger partial charge in [-0.05, 0) is 74.1 Å². The lowest BCUT2D eigenvalue weighted by molar-refractivity contribution is 0.133. The molecule has 1 rings (SSSR count). The van der Waals surface area contributed by atoms with Gasteiger partial charge in [0, 0.05) is 13.2 Å². The average Bonchev–Trinajstić information content (AvgIpc) is 2.57. The molecule has 134 valence electrons. The van der Waals surface area contributed by atoms with Crippen molar-refractivity contribution in [2.75, 3.05) is 13.2 Å². The van der Waals surface area contributed by atoms with Crippen LogP contribution in [0.2, 0.25) is 0 Å². The number of benzene rings is 1. The fraction of sp³-hybridized carbons (Fsp3) is 0.565. The molecule has 0 aliphatic carbocycles. The summed E-state index contributed by atoms with van der Waals surface area (Å²) in [5.74, 6) is 0.775. The summed E-state index contributed by atoms with van der Waals surface area (Å²) in [4.78, 5) is 0. The van der Waals surface area contributed by atoms with Crippen LogP contribution in [-0.4, -0.2) is 13.2 Å². The maximum absolute atomic E-state index is 5.52. The van der Waals surface area contributed by atoms with E-state index in [0.717, 1.165) is 38.4 Å². The Balaban J connectivity index is 2.50. The predicted octanol–water partition coefficient (Wildman–Crippen LogP) is 7.14. The zero-order valence-electron chi connectivity index (χ0n) is 16.4. The first kappa shape index (κ1) is 20.7. The number of ether oxygens (including phenoxy) is 1. The van der Waals surface area contributed by atoms with Crippen LogP contribution in [0, 0.1) is 5.92 Å². The monoisotopic (exact) mass is 328 g/mol. The van der Waals surface area contributed by atoms with Crippen molar-refractivity contribution < 1.29 is 4.74 Å². The van der Waals surface area contributed by atoms with Gasteiger partial charge < -0.3 is 4.74 Å². The van der Waals surface area contributed by atoms with Crippen molar-refractivity contribution in [3.8, 4) is 0 Å². The highest BCUT2D eigenvalue weighted by Crippen LogP contribution is 2.20. The van der Waals surface area contributed by atoms with Crippen LogP contribution in [0.5, 0.6) is 0 Å². The molecule has 0 fully saturated rings. The first-order valence-electron chi connectivity index (χ1n) is 9.56. The van der Waals surface area contributed by atoms with Crippen molar-refractivity contribution in [3.05, 3.63) is 47.5 Å². The van der Waals surface area contributed by atoms with Gasteiger partial charge in [0.15, 0.2) is 0 Å². The molecule has 0 saturated heterocycles. The number of unbranched alkanes of at least 4 members (excludes halogenated alkanes) is 1. The van der Waals surface area contributed by atoms with Gasteiger partial charge in [0.1, 0.15) is 0 Å². The predicted molar refractivity (Wildman–Crippen MR) is 108 cm³/mol. The van der Waals surface area contributed by atoms with E-state index in [0.29, 0.717) is 0 Å². The Morgan fingerprint density at radius 1 is 0.917 bits per heavy atom. The summed E-state index contributed by atoms with van der Waals surface area (Å²) < 4.78 is 5.52. The maximum Gasteiger partial charge on any atom is 0.0468 e. The summed E-state index contributed by atoms with van der Waals surface area (Å²) in [6.07, 6.45) is 10.4. The summed E-state index contributed by atoms with van der Waals surface area (Å²) in [6.45, 7) is 12.9. The van der Waals surface area contributed by atoms with E-state index in [2.05, 4.69) is 71.0 Å². The van der Waals surface area contributed by atoms with Crippen LogP contribution < -0.4 is 0 Å². The molecule has 0 spiro atoms. The van der Waals surface area contributed by atoms with Gasteiger partial charge in [-0.2, -0.15) is 0 Å². The van der Waals surface area contributed by atoms with E-state index in [9.17, 15) is 0 Å². The standard InChI is InChI=1S/C23H36O/c1-6-17-24-18-8-7-11-20(4)22-13-15-23(16-14-22)21(5)12-9-10-19(2)3/h11-16,19H,6-10,17-18H2,1-5H3/b20-11+,21-12+. The van der Waals surface area contributed by atoms with E-state index in [-0.39, 0.29) is 0 Å². The van der Waals surface area contributed by atoms with Crippen LogP contribution in [0.1, 0.15) is 77.8 Å². The average molecular weight is 329 g/mol. The Bertz CT molecular complexity index is 505. The summed E-state index contributed by atoms with van der Waals surface area (Å²) in [6, 6.07) is 8.99. The van der Waals surface area contributed by atoms with Crippen molar-refractivity contribution in [1.82, 2.24) is 0 Å². The van der Waals surface area contributed by atoms with E-state index >= 15 is 0 Å². The third-order valence-corrected chi connectivity index (χ3v) is 4.28. The van der Waals surface area contributed by atoms with E-state index in [1.807, 2.05) is 0 Å².